The Balaban J connectivity index is 2.75. The molecule has 0 aromatic carbocycles. The number of oxime groups is 1. The molecule has 0 radical (unpaired) electrons. The molecule has 3 N–H and O–H groups in total. The van der Waals surface area contributed by atoms with E-state index < -0.39 is 0 Å². The number of amidine groups is 1. The van der Waals surface area contributed by atoms with E-state index in [1.54, 1.807) is 12.5 Å². The van der Waals surface area contributed by atoms with Crippen molar-refractivity contribution in [2.24, 2.45) is 16.8 Å². The molecule has 0 unspecified atom stereocenters. The Morgan fingerprint density at radius 1 is 1.77 bits per heavy atom. The third-order valence-corrected chi connectivity index (χ3v) is 1.58. The van der Waals surface area contributed by atoms with Crippen LogP contribution in [0.2, 0.25) is 0 Å². The van der Waals surface area contributed by atoms with Gasteiger partial charge in [0.05, 0.1) is 6.33 Å². The molecular weight excluding hydrogens is 168 g/mol. The molecule has 5 heteroatoms. The van der Waals surface area contributed by atoms with Crippen molar-refractivity contribution < 1.29 is 5.21 Å². The number of nitrogens with two attached hydrogens (primary N) is 1. The summed E-state index contributed by atoms with van der Waals surface area (Å²) in [6.07, 6.45) is 3.43. The van der Waals surface area contributed by atoms with Gasteiger partial charge in [0, 0.05) is 12.7 Å². The monoisotopic (exact) mass is 182 g/mol. The third-order valence-electron chi connectivity index (χ3n) is 1.58. The molecule has 0 bridgehead atoms. The Hall–Kier alpha value is -1.52. The molecule has 0 spiro atoms. The van der Waals surface area contributed by atoms with E-state index in [1.165, 1.54) is 0 Å². The lowest BCUT2D eigenvalue weighted by molar-refractivity contribution is 0.318. The zero-order chi connectivity index (χ0) is 9.84. The van der Waals surface area contributed by atoms with Gasteiger partial charge in [-0.25, -0.2) is 4.98 Å². The number of rotatable bonds is 3. The lowest BCUT2D eigenvalue weighted by Crippen LogP contribution is -2.13. The van der Waals surface area contributed by atoms with E-state index >= 15 is 0 Å². The molecule has 13 heavy (non-hydrogen) atoms. The molecule has 0 aliphatic rings. The molecule has 1 rings (SSSR count). The highest BCUT2D eigenvalue weighted by Crippen LogP contribution is 2.01. The van der Waals surface area contributed by atoms with Gasteiger partial charge in [-0.15, -0.1) is 0 Å². The first-order valence-corrected chi connectivity index (χ1v) is 4.13. The largest absolute Gasteiger partial charge is 0.409 e. The Morgan fingerprint density at radius 2 is 2.46 bits per heavy atom. The predicted octanol–water partition coefficient (Wildman–Crippen LogP) is 0.634. The van der Waals surface area contributed by atoms with Crippen molar-refractivity contribution in [2.75, 3.05) is 0 Å². The third kappa shape index (κ3) is 2.47. The molecule has 72 valence electrons. The summed E-state index contributed by atoms with van der Waals surface area (Å²) in [6.45, 7) is 5.11. The van der Waals surface area contributed by atoms with Gasteiger partial charge >= 0.3 is 0 Å². The van der Waals surface area contributed by atoms with Gasteiger partial charge in [0.15, 0.2) is 5.84 Å². The van der Waals surface area contributed by atoms with Crippen LogP contribution in [0, 0.1) is 5.92 Å². The second kappa shape index (κ2) is 3.93. The van der Waals surface area contributed by atoms with Gasteiger partial charge in [0.2, 0.25) is 0 Å². The molecule has 1 heterocycles. The van der Waals surface area contributed by atoms with E-state index in [1.807, 2.05) is 4.57 Å². The molecule has 0 saturated carbocycles. The van der Waals surface area contributed by atoms with Gasteiger partial charge in [-0.1, -0.05) is 19.0 Å². The fourth-order valence-electron chi connectivity index (χ4n) is 1.07. The molecule has 0 saturated heterocycles. The van der Waals surface area contributed by atoms with Crippen molar-refractivity contribution in [2.45, 2.75) is 20.4 Å². The predicted molar refractivity (Wildman–Crippen MR) is 49.6 cm³/mol. The fourth-order valence-corrected chi connectivity index (χ4v) is 1.07. The standard InChI is InChI=1S/C8H14N4O/c1-6(2)3-12-4-7(10-5-12)8(9)11-13/h4-6,13H,3H2,1-2H3,(H2,9,11). The number of hydrogen-bond donors (Lipinski definition) is 2. The number of aromatic nitrogens is 2. The Bertz CT molecular complexity index is 303. The second-order valence-electron chi connectivity index (χ2n) is 3.33. The minimum absolute atomic E-state index is 0.0440. The van der Waals surface area contributed by atoms with Crippen molar-refractivity contribution in [1.29, 1.82) is 0 Å². The van der Waals surface area contributed by atoms with Gasteiger partial charge in [-0.2, -0.15) is 0 Å². The van der Waals surface area contributed by atoms with Crippen LogP contribution in [0.25, 0.3) is 0 Å². The average Bonchev–Trinajstić information content (AvgIpc) is 2.50. The minimum atomic E-state index is 0.0440. The molecule has 0 atom stereocenters. The molecular formula is C8H14N4O. The molecule has 0 aliphatic carbocycles. The highest BCUT2D eigenvalue weighted by atomic mass is 16.4. The summed E-state index contributed by atoms with van der Waals surface area (Å²) in [5.74, 6) is 0.594. The van der Waals surface area contributed by atoms with Crippen LogP contribution in [0.1, 0.15) is 19.5 Å². The van der Waals surface area contributed by atoms with Gasteiger partial charge in [-0.05, 0) is 5.92 Å². The van der Waals surface area contributed by atoms with Crippen LogP contribution in [0.4, 0.5) is 0 Å². The van der Waals surface area contributed by atoms with E-state index in [-0.39, 0.29) is 5.84 Å². The van der Waals surface area contributed by atoms with Gasteiger partial charge in [-0.3, -0.25) is 0 Å². The van der Waals surface area contributed by atoms with Crippen molar-refractivity contribution >= 4 is 5.84 Å². The molecule has 0 amide bonds. The fraction of sp³-hybridized carbons (Fsp3) is 0.500. The summed E-state index contributed by atoms with van der Waals surface area (Å²) in [5.41, 5.74) is 5.87. The van der Waals surface area contributed by atoms with E-state index in [2.05, 4.69) is 24.0 Å². The first-order chi connectivity index (χ1) is 6.13. The highest BCUT2D eigenvalue weighted by molar-refractivity contribution is 5.94. The molecule has 0 fully saturated rings. The average molecular weight is 182 g/mol. The highest BCUT2D eigenvalue weighted by Gasteiger charge is 2.03. The lowest BCUT2D eigenvalue weighted by atomic mass is 10.2. The van der Waals surface area contributed by atoms with Gasteiger partial charge < -0.3 is 15.5 Å². The Morgan fingerprint density at radius 3 is 3.00 bits per heavy atom. The first kappa shape index (κ1) is 9.57. The quantitative estimate of drug-likeness (QED) is 0.311. The maximum absolute atomic E-state index is 8.39. The summed E-state index contributed by atoms with van der Waals surface area (Å²) in [4.78, 5) is 3.99. The molecule has 1 aromatic heterocycles. The van der Waals surface area contributed by atoms with E-state index in [9.17, 15) is 0 Å². The number of imidazole rings is 1. The maximum atomic E-state index is 8.39. The Kier molecular flexibility index (Phi) is 2.89. The molecule has 0 aliphatic heterocycles. The van der Waals surface area contributed by atoms with Crippen LogP contribution >= 0.6 is 0 Å². The molecule has 1 aromatic rings. The summed E-state index contributed by atoms with van der Waals surface area (Å²) in [6, 6.07) is 0. The van der Waals surface area contributed by atoms with Crippen LogP contribution in [0.5, 0.6) is 0 Å². The van der Waals surface area contributed by atoms with E-state index in [0.29, 0.717) is 11.6 Å². The van der Waals surface area contributed by atoms with Crippen LogP contribution in [-0.4, -0.2) is 20.6 Å². The van der Waals surface area contributed by atoms with Crippen molar-refractivity contribution in [1.82, 2.24) is 9.55 Å². The topological polar surface area (TPSA) is 76.4 Å². The van der Waals surface area contributed by atoms with Crippen molar-refractivity contribution in [3.8, 4) is 0 Å². The maximum Gasteiger partial charge on any atom is 0.190 e. The zero-order valence-electron chi connectivity index (χ0n) is 7.81. The summed E-state index contributed by atoms with van der Waals surface area (Å²) in [5, 5.41) is 11.3. The van der Waals surface area contributed by atoms with Crippen molar-refractivity contribution in [3.05, 3.63) is 18.2 Å². The summed E-state index contributed by atoms with van der Waals surface area (Å²) in [7, 11) is 0. The summed E-state index contributed by atoms with van der Waals surface area (Å²) < 4.78 is 1.91. The molecule has 5 nitrogen and oxygen atoms in total. The lowest BCUT2D eigenvalue weighted by Gasteiger charge is -2.03. The first-order valence-electron chi connectivity index (χ1n) is 4.13. The van der Waals surface area contributed by atoms with E-state index in [0.717, 1.165) is 6.54 Å². The Labute approximate surface area is 76.9 Å². The number of nitrogens with zero attached hydrogens (tertiary/aromatic N) is 3. The van der Waals surface area contributed by atoms with Crippen LogP contribution in [-0.2, 0) is 6.54 Å². The van der Waals surface area contributed by atoms with Gasteiger partial charge in [0.1, 0.15) is 5.69 Å². The summed E-state index contributed by atoms with van der Waals surface area (Å²) >= 11 is 0. The van der Waals surface area contributed by atoms with Crippen LogP contribution < -0.4 is 5.73 Å². The van der Waals surface area contributed by atoms with Crippen LogP contribution in [0.15, 0.2) is 17.7 Å². The minimum Gasteiger partial charge on any atom is -0.409 e. The second-order valence-corrected chi connectivity index (χ2v) is 3.33. The van der Waals surface area contributed by atoms with Crippen LogP contribution in [0.3, 0.4) is 0 Å². The van der Waals surface area contributed by atoms with E-state index in [4.69, 9.17) is 10.9 Å². The smallest absolute Gasteiger partial charge is 0.190 e. The van der Waals surface area contributed by atoms with Gasteiger partial charge in [0.25, 0.3) is 0 Å². The van der Waals surface area contributed by atoms with Crippen molar-refractivity contribution in [3.63, 3.8) is 0 Å². The normalized spacial score (nSPS) is 12.4. The SMILES string of the molecule is CC(C)Cn1cnc(/C(N)=N\O)c1. The zero-order valence-corrected chi connectivity index (χ0v) is 7.81. The number of hydrogen-bond acceptors (Lipinski definition) is 3.